The van der Waals surface area contributed by atoms with Crippen LogP contribution in [0.15, 0.2) is 59.0 Å². The molecule has 3 rings (SSSR count). The molecule has 0 spiro atoms. The Morgan fingerprint density at radius 1 is 1.12 bits per heavy atom. The lowest BCUT2D eigenvalue weighted by atomic mass is 9.70. The van der Waals surface area contributed by atoms with Gasteiger partial charge in [0.2, 0.25) is 0 Å². The van der Waals surface area contributed by atoms with Gasteiger partial charge in [0.1, 0.15) is 0 Å². The Hall–Kier alpha value is -1.50. The van der Waals surface area contributed by atoms with Gasteiger partial charge in [-0.05, 0) is 30.1 Å². The van der Waals surface area contributed by atoms with Crippen LogP contribution in [0.5, 0.6) is 0 Å². The largest absolute Gasteiger partial charge is 0.358 e. The highest BCUT2D eigenvalue weighted by molar-refractivity contribution is 5.50. The van der Waals surface area contributed by atoms with Crippen LogP contribution in [0.25, 0.3) is 0 Å². The Balaban J connectivity index is 2.10. The van der Waals surface area contributed by atoms with Gasteiger partial charge in [0, 0.05) is 23.2 Å². The molecule has 1 heterocycles. The third-order valence-electron chi connectivity index (χ3n) is 4.04. The van der Waals surface area contributed by atoms with Crippen LogP contribution in [0.2, 0.25) is 0 Å². The first-order chi connectivity index (χ1) is 8.19. The van der Waals surface area contributed by atoms with Gasteiger partial charge in [0.15, 0.2) is 0 Å². The Morgan fingerprint density at radius 2 is 2.00 bits per heavy atom. The van der Waals surface area contributed by atoms with E-state index in [1.165, 1.54) is 29.8 Å². The first kappa shape index (κ1) is 10.6. The molecule has 0 unspecified atom stereocenters. The molecule has 1 N–H and O–H groups in total. The fraction of sp³-hybridized carbons (Fsp3) is 0.375. The summed E-state index contributed by atoms with van der Waals surface area (Å²) in [4.78, 5) is 0. The highest BCUT2D eigenvalue weighted by atomic mass is 14.9. The monoisotopic (exact) mass is 225 g/mol. The van der Waals surface area contributed by atoms with Crippen LogP contribution < -0.4 is 5.32 Å². The number of hydrogen-bond donors (Lipinski definition) is 1. The van der Waals surface area contributed by atoms with Gasteiger partial charge in [-0.25, -0.2) is 0 Å². The van der Waals surface area contributed by atoms with E-state index in [2.05, 4.69) is 55.6 Å². The first-order valence-corrected chi connectivity index (χ1v) is 6.43. The molecule has 0 atom stereocenters. The molecule has 0 aromatic rings. The molecule has 1 aliphatic heterocycles. The summed E-state index contributed by atoms with van der Waals surface area (Å²) in [6.07, 6.45) is 16.7. The van der Waals surface area contributed by atoms with Gasteiger partial charge in [0.25, 0.3) is 0 Å². The first-order valence-electron chi connectivity index (χ1n) is 6.43. The zero-order valence-electron chi connectivity index (χ0n) is 10.6. The summed E-state index contributed by atoms with van der Waals surface area (Å²) in [6.45, 7) is 4.71. The van der Waals surface area contributed by atoms with Crippen molar-refractivity contribution in [3.63, 3.8) is 0 Å². The van der Waals surface area contributed by atoms with E-state index in [1.807, 2.05) is 0 Å². The van der Waals surface area contributed by atoms with Crippen molar-refractivity contribution in [3.05, 3.63) is 59.0 Å². The predicted molar refractivity (Wildman–Crippen MR) is 72.2 cm³/mol. The van der Waals surface area contributed by atoms with E-state index >= 15 is 0 Å². The molecule has 17 heavy (non-hydrogen) atoms. The minimum Gasteiger partial charge on any atom is -0.358 e. The quantitative estimate of drug-likeness (QED) is 0.657. The third kappa shape index (κ3) is 1.61. The Kier molecular flexibility index (Phi) is 2.36. The van der Waals surface area contributed by atoms with Gasteiger partial charge >= 0.3 is 0 Å². The van der Waals surface area contributed by atoms with Crippen molar-refractivity contribution in [2.75, 3.05) is 0 Å². The second kappa shape index (κ2) is 3.76. The summed E-state index contributed by atoms with van der Waals surface area (Å²) >= 11 is 0. The second-order valence-electron chi connectivity index (χ2n) is 5.47. The van der Waals surface area contributed by atoms with Crippen molar-refractivity contribution in [2.24, 2.45) is 5.41 Å². The minimum atomic E-state index is 0.170. The fourth-order valence-corrected chi connectivity index (χ4v) is 3.09. The second-order valence-corrected chi connectivity index (χ2v) is 5.47. The van der Waals surface area contributed by atoms with Crippen LogP contribution in [-0.2, 0) is 0 Å². The summed E-state index contributed by atoms with van der Waals surface area (Å²) in [5, 5.41) is 3.62. The van der Waals surface area contributed by atoms with E-state index in [-0.39, 0.29) is 5.41 Å². The molecule has 1 nitrogen and oxygen atoms in total. The number of allylic oxidation sites excluding steroid dienone is 8. The SMILES string of the molecule is CC1(C)C2=C(CC=CC=C2)NC2=C1CCC=C2. The molecule has 0 amide bonds. The predicted octanol–water partition coefficient (Wildman–Crippen LogP) is 3.99. The average molecular weight is 225 g/mol. The molecule has 88 valence electrons. The number of rotatable bonds is 0. The lowest BCUT2D eigenvalue weighted by Gasteiger charge is -2.39. The molecule has 2 aliphatic carbocycles. The number of hydrogen-bond acceptors (Lipinski definition) is 1. The maximum absolute atomic E-state index is 3.62. The van der Waals surface area contributed by atoms with Crippen LogP contribution in [0.3, 0.4) is 0 Å². The molecular weight excluding hydrogens is 206 g/mol. The van der Waals surface area contributed by atoms with Crippen molar-refractivity contribution in [3.8, 4) is 0 Å². The third-order valence-corrected chi connectivity index (χ3v) is 4.04. The maximum Gasteiger partial charge on any atom is 0.0379 e. The zero-order chi connectivity index (χ0) is 11.9. The van der Waals surface area contributed by atoms with E-state index < -0.39 is 0 Å². The number of nitrogens with one attached hydrogen (secondary N) is 1. The van der Waals surface area contributed by atoms with Gasteiger partial charge in [-0.1, -0.05) is 44.2 Å². The summed E-state index contributed by atoms with van der Waals surface area (Å²) in [6, 6.07) is 0. The summed E-state index contributed by atoms with van der Waals surface area (Å²) in [5.74, 6) is 0. The zero-order valence-corrected chi connectivity index (χ0v) is 10.6. The minimum absolute atomic E-state index is 0.170. The van der Waals surface area contributed by atoms with Gasteiger partial charge in [0.05, 0.1) is 0 Å². The van der Waals surface area contributed by atoms with Crippen LogP contribution in [0, 0.1) is 5.41 Å². The van der Waals surface area contributed by atoms with Crippen LogP contribution in [0.1, 0.15) is 33.1 Å². The summed E-state index contributed by atoms with van der Waals surface area (Å²) in [5.41, 5.74) is 5.89. The van der Waals surface area contributed by atoms with Gasteiger partial charge in [-0.15, -0.1) is 0 Å². The molecule has 0 bridgehead atoms. The lowest BCUT2D eigenvalue weighted by molar-refractivity contribution is 0.489. The molecule has 0 saturated carbocycles. The molecule has 0 fully saturated rings. The molecule has 1 heteroatoms. The number of dihydropyridines is 1. The highest BCUT2D eigenvalue weighted by Gasteiger charge is 2.34. The molecule has 0 aromatic carbocycles. The standard InChI is InChI=1S/C16H19N/c1-16(2)12-8-4-3-5-10-14(12)17-15-11-7-6-9-13(15)16/h3-5,7-8,11,17H,6,9-10H2,1-2H3. The van der Waals surface area contributed by atoms with E-state index in [4.69, 9.17) is 0 Å². The van der Waals surface area contributed by atoms with Crippen molar-refractivity contribution in [1.82, 2.24) is 5.32 Å². The van der Waals surface area contributed by atoms with Crippen molar-refractivity contribution in [2.45, 2.75) is 33.1 Å². The van der Waals surface area contributed by atoms with E-state index in [1.54, 1.807) is 5.57 Å². The van der Waals surface area contributed by atoms with Gasteiger partial charge < -0.3 is 5.32 Å². The molecular formula is C16H19N. The molecule has 3 aliphatic rings. The fourth-order valence-electron chi connectivity index (χ4n) is 3.09. The average Bonchev–Trinajstić information content (AvgIpc) is 2.55. The molecule has 0 saturated heterocycles. The van der Waals surface area contributed by atoms with Gasteiger partial charge in [-0.3, -0.25) is 0 Å². The summed E-state index contributed by atoms with van der Waals surface area (Å²) < 4.78 is 0. The molecule has 0 radical (unpaired) electrons. The van der Waals surface area contributed by atoms with E-state index in [0.717, 1.165) is 6.42 Å². The Labute approximate surface area is 103 Å². The molecule has 0 aromatic heterocycles. The van der Waals surface area contributed by atoms with Crippen molar-refractivity contribution >= 4 is 0 Å². The maximum atomic E-state index is 3.62. The smallest absolute Gasteiger partial charge is 0.0379 e. The van der Waals surface area contributed by atoms with Crippen molar-refractivity contribution < 1.29 is 0 Å². The van der Waals surface area contributed by atoms with E-state index in [9.17, 15) is 0 Å². The van der Waals surface area contributed by atoms with E-state index in [0.29, 0.717) is 0 Å². The Morgan fingerprint density at radius 3 is 2.88 bits per heavy atom. The van der Waals surface area contributed by atoms with Crippen LogP contribution in [0.4, 0.5) is 0 Å². The highest BCUT2D eigenvalue weighted by Crippen LogP contribution is 2.45. The Bertz CT molecular complexity index is 496. The lowest BCUT2D eigenvalue weighted by Crippen LogP contribution is -2.32. The van der Waals surface area contributed by atoms with Crippen molar-refractivity contribution in [1.29, 1.82) is 0 Å². The van der Waals surface area contributed by atoms with Gasteiger partial charge in [-0.2, -0.15) is 0 Å². The van der Waals surface area contributed by atoms with Crippen LogP contribution >= 0.6 is 0 Å². The van der Waals surface area contributed by atoms with Crippen LogP contribution in [-0.4, -0.2) is 0 Å². The topological polar surface area (TPSA) is 12.0 Å². The summed E-state index contributed by atoms with van der Waals surface area (Å²) in [7, 11) is 0. The normalized spacial score (nSPS) is 25.3.